The number of nitrogens with one attached hydrogen (secondary N) is 1. The third kappa shape index (κ3) is 3.46. The van der Waals surface area contributed by atoms with Crippen LogP contribution in [0, 0.1) is 0 Å². The highest BCUT2D eigenvalue weighted by Gasteiger charge is 2.36. The Morgan fingerprint density at radius 2 is 2.06 bits per heavy atom. The van der Waals surface area contributed by atoms with Gasteiger partial charge in [0.15, 0.2) is 5.82 Å². The van der Waals surface area contributed by atoms with Gasteiger partial charge in [-0.1, -0.05) is 25.9 Å². The van der Waals surface area contributed by atoms with Crippen LogP contribution in [0.4, 0.5) is 0 Å². The molecule has 1 aliphatic heterocycles. The van der Waals surface area contributed by atoms with Gasteiger partial charge in [0.1, 0.15) is 5.60 Å². The van der Waals surface area contributed by atoms with E-state index in [4.69, 9.17) is 4.52 Å². The fourth-order valence-electron chi connectivity index (χ4n) is 1.84. The minimum absolute atomic E-state index is 0.173. The molecule has 0 aromatic carbocycles. The van der Waals surface area contributed by atoms with E-state index >= 15 is 0 Å². The van der Waals surface area contributed by atoms with Crippen LogP contribution < -0.4 is 5.32 Å². The largest absolute Gasteiger partial charge is 0.380 e. The molecule has 1 aliphatic rings. The Balaban J connectivity index is 2.01. The van der Waals surface area contributed by atoms with Crippen molar-refractivity contribution < 1.29 is 9.63 Å². The number of nitrogens with zero attached hydrogens (tertiary/aromatic N) is 2. The topological polar surface area (TPSA) is 71.2 Å². The molecule has 2 rings (SSSR count). The molecule has 1 saturated heterocycles. The van der Waals surface area contributed by atoms with Gasteiger partial charge in [-0.2, -0.15) is 4.98 Å². The molecule has 1 aromatic heterocycles. The second-order valence-electron chi connectivity index (χ2n) is 5.70. The van der Waals surface area contributed by atoms with Gasteiger partial charge in [-0.15, -0.1) is 11.8 Å². The summed E-state index contributed by atoms with van der Waals surface area (Å²) in [6.45, 7) is 8.02. The van der Waals surface area contributed by atoms with E-state index in [1.807, 2.05) is 0 Å². The zero-order valence-electron chi connectivity index (χ0n) is 11.2. The summed E-state index contributed by atoms with van der Waals surface area (Å²) in [4.78, 5) is 4.33. The van der Waals surface area contributed by atoms with E-state index < -0.39 is 5.60 Å². The van der Waals surface area contributed by atoms with Crippen molar-refractivity contribution in [1.29, 1.82) is 0 Å². The Kier molecular flexibility index (Phi) is 3.99. The van der Waals surface area contributed by atoms with Gasteiger partial charge in [0, 0.05) is 4.75 Å². The summed E-state index contributed by atoms with van der Waals surface area (Å²) >= 11 is 1.77. The van der Waals surface area contributed by atoms with E-state index in [1.54, 1.807) is 11.8 Å². The maximum atomic E-state index is 10.4. The number of hydrogen-bond acceptors (Lipinski definition) is 6. The molecule has 1 fully saturated rings. The predicted octanol–water partition coefficient (Wildman–Crippen LogP) is 1.67. The Labute approximate surface area is 112 Å². The van der Waals surface area contributed by atoms with E-state index in [2.05, 4.69) is 36.2 Å². The number of rotatable bonds is 3. The van der Waals surface area contributed by atoms with Crippen molar-refractivity contribution in [3.8, 4) is 0 Å². The zero-order valence-corrected chi connectivity index (χ0v) is 12.0. The van der Waals surface area contributed by atoms with Crippen LogP contribution >= 0.6 is 11.8 Å². The number of hydrogen-bond donors (Lipinski definition) is 2. The SMILES string of the molecule is CC(C)(C)SCc1noc(C2(O)CCNCC2)n1. The van der Waals surface area contributed by atoms with Gasteiger partial charge in [-0.05, 0) is 25.9 Å². The zero-order chi connectivity index (χ0) is 13.2. The van der Waals surface area contributed by atoms with Gasteiger partial charge in [0.05, 0.1) is 5.75 Å². The Morgan fingerprint density at radius 3 is 2.67 bits per heavy atom. The quantitative estimate of drug-likeness (QED) is 0.871. The number of aromatic nitrogens is 2. The molecule has 0 atom stereocenters. The standard InChI is InChI=1S/C12H21N3O2S/c1-11(2,3)18-8-9-14-10(17-15-9)12(16)4-6-13-7-5-12/h13,16H,4-8H2,1-3H3. The maximum absolute atomic E-state index is 10.4. The number of piperidine rings is 1. The molecular weight excluding hydrogens is 250 g/mol. The molecule has 0 radical (unpaired) electrons. The smallest absolute Gasteiger partial charge is 0.258 e. The molecule has 6 heteroatoms. The van der Waals surface area contributed by atoms with Crippen LogP contribution in [0.25, 0.3) is 0 Å². The summed E-state index contributed by atoms with van der Waals surface area (Å²) in [5, 5.41) is 17.6. The molecule has 0 saturated carbocycles. The summed E-state index contributed by atoms with van der Waals surface area (Å²) in [6.07, 6.45) is 1.25. The fraction of sp³-hybridized carbons (Fsp3) is 0.833. The average molecular weight is 271 g/mol. The van der Waals surface area contributed by atoms with E-state index in [-0.39, 0.29) is 4.75 Å². The minimum Gasteiger partial charge on any atom is -0.380 e. The predicted molar refractivity (Wildman–Crippen MR) is 71.3 cm³/mol. The van der Waals surface area contributed by atoms with E-state index in [0.29, 0.717) is 30.3 Å². The summed E-state index contributed by atoms with van der Waals surface area (Å²) in [5.41, 5.74) is -0.942. The van der Waals surface area contributed by atoms with Crippen molar-refractivity contribution in [3.63, 3.8) is 0 Å². The summed E-state index contributed by atoms with van der Waals surface area (Å²) in [5.74, 6) is 1.74. The lowest BCUT2D eigenvalue weighted by Crippen LogP contribution is -2.39. The lowest BCUT2D eigenvalue weighted by atomic mass is 9.92. The normalized spacial score (nSPS) is 20.0. The molecule has 102 valence electrons. The molecule has 5 nitrogen and oxygen atoms in total. The van der Waals surface area contributed by atoms with Crippen molar-refractivity contribution in [1.82, 2.24) is 15.5 Å². The summed E-state index contributed by atoms with van der Waals surface area (Å²) < 4.78 is 5.39. The monoisotopic (exact) mass is 271 g/mol. The van der Waals surface area contributed by atoms with Gasteiger partial charge in [-0.3, -0.25) is 0 Å². The lowest BCUT2D eigenvalue weighted by molar-refractivity contribution is -0.0228. The highest BCUT2D eigenvalue weighted by molar-refractivity contribution is 7.99. The van der Waals surface area contributed by atoms with E-state index in [9.17, 15) is 5.11 Å². The Hall–Kier alpha value is -0.590. The summed E-state index contributed by atoms with van der Waals surface area (Å²) in [7, 11) is 0. The molecule has 0 bridgehead atoms. The molecule has 0 aliphatic carbocycles. The van der Waals surface area contributed by atoms with Crippen LogP contribution in [0.5, 0.6) is 0 Å². The highest BCUT2D eigenvalue weighted by atomic mass is 32.2. The van der Waals surface area contributed by atoms with Gasteiger partial charge < -0.3 is 14.9 Å². The van der Waals surface area contributed by atoms with Crippen LogP contribution in [0.3, 0.4) is 0 Å². The molecule has 0 spiro atoms. The van der Waals surface area contributed by atoms with Crippen molar-refractivity contribution in [2.45, 2.75) is 49.7 Å². The Bertz CT molecular complexity index is 394. The van der Waals surface area contributed by atoms with Crippen LogP contribution in [0.1, 0.15) is 45.3 Å². The van der Waals surface area contributed by atoms with Crippen molar-refractivity contribution in [3.05, 3.63) is 11.7 Å². The first kappa shape index (κ1) is 13.8. The van der Waals surface area contributed by atoms with Gasteiger partial charge in [0.25, 0.3) is 5.89 Å². The first-order valence-corrected chi connectivity index (χ1v) is 7.28. The average Bonchev–Trinajstić information content (AvgIpc) is 2.76. The molecule has 18 heavy (non-hydrogen) atoms. The van der Waals surface area contributed by atoms with Crippen molar-refractivity contribution >= 4 is 11.8 Å². The first-order valence-electron chi connectivity index (χ1n) is 6.29. The van der Waals surface area contributed by atoms with Crippen molar-refractivity contribution in [2.75, 3.05) is 13.1 Å². The van der Waals surface area contributed by atoms with Gasteiger partial charge >= 0.3 is 0 Å². The van der Waals surface area contributed by atoms with E-state index in [1.165, 1.54) is 0 Å². The van der Waals surface area contributed by atoms with Crippen LogP contribution in [0.2, 0.25) is 0 Å². The molecule has 1 aromatic rings. The van der Waals surface area contributed by atoms with Crippen LogP contribution in [-0.2, 0) is 11.4 Å². The highest BCUT2D eigenvalue weighted by Crippen LogP contribution is 2.30. The minimum atomic E-state index is -0.942. The van der Waals surface area contributed by atoms with Gasteiger partial charge in [0.2, 0.25) is 0 Å². The maximum Gasteiger partial charge on any atom is 0.258 e. The van der Waals surface area contributed by atoms with Crippen molar-refractivity contribution in [2.24, 2.45) is 0 Å². The first-order chi connectivity index (χ1) is 8.39. The molecule has 0 unspecified atom stereocenters. The number of aliphatic hydroxyl groups is 1. The van der Waals surface area contributed by atoms with Gasteiger partial charge in [-0.25, -0.2) is 0 Å². The molecular formula is C12H21N3O2S. The second kappa shape index (κ2) is 5.19. The molecule has 2 N–H and O–H groups in total. The van der Waals surface area contributed by atoms with Crippen LogP contribution in [-0.4, -0.2) is 33.1 Å². The summed E-state index contributed by atoms with van der Waals surface area (Å²) in [6, 6.07) is 0. The lowest BCUT2D eigenvalue weighted by Gasteiger charge is -2.28. The molecule has 2 heterocycles. The fourth-order valence-corrected chi connectivity index (χ4v) is 2.52. The van der Waals surface area contributed by atoms with Crippen LogP contribution in [0.15, 0.2) is 4.52 Å². The second-order valence-corrected chi connectivity index (χ2v) is 7.50. The van der Waals surface area contributed by atoms with E-state index in [0.717, 1.165) is 13.1 Å². The number of thioether (sulfide) groups is 1. The Morgan fingerprint density at radius 1 is 1.39 bits per heavy atom. The molecule has 0 amide bonds. The third-order valence-corrected chi connectivity index (χ3v) is 4.20. The third-order valence-electron chi connectivity index (χ3n) is 2.93.